The molecule has 1 aromatic rings. The molecule has 0 aliphatic carbocycles. The summed E-state index contributed by atoms with van der Waals surface area (Å²) in [7, 11) is 1.68. The normalized spacial score (nSPS) is 12.7. The molecule has 0 aromatic heterocycles. The molecule has 0 aliphatic rings. The lowest BCUT2D eigenvalue weighted by Crippen LogP contribution is -2.31. The highest BCUT2D eigenvalue weighted by atomic mass is 16.3. The summed E-state index contributed by atoms with van der Waals surface area (Å²) in [6.45, 7) is 6.08. The molecule has 0 saturated heterocycles. The molecular formula is C15H21NO2. The van der Waals surface area contributed by atoms with Crippen LogP contribution < -0.4 is 0 Å². The number of aliphatic hydroxyl groups excluding tert-OH is 1. The van der Waals surface area contributed by atoms with Gasteiger partial charge in [0.25, 0.3) is 0 Å². The van der Waals surface area contributed by atoms with E-state index >= 15 is 0 Å². The molecule has 1 rings (SSSR count). The summed E-state index contributed by atoms with van der Waals surface area (Å²) < 4.78 is 0. The lowest BCUT2D eigenvalue weighted by Gasteiger charge is -2.16. The SMILES string of the molecule is Cc1ccc(/C=C/C(=O)N(C)CC(C)O)c(C)c1. The smallest absolute Gasteiger partial charge is 0.246 e. The molecule has 18 heavy (non-hydrogen) atoms. The van der Waals surface area contributed by atoms with E-state index in [4.69, 9.17) is 0 Å². The van der Waals surface area contributed by atoms with Gasteiger partial charge in [0, 0.05) is 19.7 Å². The predicted molar refractivity (Wildman–Crippen MR) is 74.3 cm³/mol. The third-order valence-electron chi connectivity index (χ3n) is 2.75. The first-order valence-electron chi connectivity index (χ1n) is 6.08. The van der Waals surface area contributed by atoms with E-state index in [2.05, 4.69) is 6.07 Å². The van der Waals surface area contributed by atoms with E-state index in [0.717, 1.165) is 11.1 Å². The van der Waals surface area contributed by atoms with Gasteiger partial charge in [0.2, 0.25) is 5.91 Å². The number of carbonyl (C=O) groups is 1. The first kappa shape index (κ1) is 14.5. The van der Waals surface area contributed by atoms with E-state index in [1.165, 1.54) is 10.5 Å². The number of nitrogens with zero attached hydrogens (tertiary/aromatic N) is 1. The van der Waals surface area contributed by atoms with Crippen LogP contribution >= 0.6 is 0 Å². The van der Waals surface area contributed by atoms with E-state index in [1.54, 1.807) is 20.0 Å². The molecule has 0 aliphatic heterocycles. The largest absolute Gasteiger partial charge is 0.392 e. The van der Waals surface area contributed by atoms with Gasteiger partial charge in [-0.3, -0.25) is 4.79 Å². The second kappa shape index (κ2) is 6.36. The molecule has 1 unspecified atom stereocenters. The van der Waals surface area contributed by atoms with Crippen molar-refractivity contribution in [1.29, 1.82) is 0 Å². The zero-order chi connectivity index (χ0) is 13.7. The summed E-state index contributed by atoms with van der Waals surface area (Å²) in [5.41, 5.74) is 3.40. The van der Waals surface area contributed by atoms with Crippen LogP contribution in [0, 0.1) is 13.8 Å². The molecule has 0 bridgehead atoms. The molecule has 0 fully saturated rings. The van der Waals surface area contributed by atoms with Gasteiger partial charge >= 0.3 is 0 Å². The first-order chi connectivity index (χ1) is 8.40. The molecular weight excluding hydrogens is 226 g/mol. The third kappa shape index (κ3) is 4.34. The van der Waals surface area contributed by atoms with Crippen LogP contribution in [0.25, 0.3) is 6.08 Å². The maximum atomic E-state index is 11.8. The number of hydrogen-bond donors (Lipinski definition) is 1. The fraction of sp³-hybridized carbons (Fsp3) is 0.400. The summed E-state index contributed by atoms with van der Waals surface area (Å²) in [5, 5.41) is 9.21. The van der Waals surface area contributed by atoms with E-state index in [-0.39, 0.29) is 5.91 Å². The van der Waals surface area contributed by atoms with Gasteiger partial charge in [0.05, 0.1) is 6.10 Å². The van der Waals surface area contributed by atoms with Crippen LogP contribution in [0.5, 0.6) is 0 Å². The van der Waals surface area contributed by atoms with E-state index < -0.39 is 6.10 Å². The third-order valence-corrected chi connectivity index (χ3v) is 2.75. The highest BCUT2D eigenvalue weighted by Gasteiger charge is 2.07. The lowest BCUT2D eigenvalue weighted by atomic mass is 10.1. The number of benzene rings is 1. The number of aliphatic hydroxyl groups is 1. The van der Waals surface area contributed by atoms with Gasteiger partial charge in [-0.1, -0.05) is 23.8 Å². The number of hydrogen-bond acceptors (Lipinski definition) is 2. The van der Waals surface area contributed by atoms with Crippen molar-refractivity contribution < 1.29 is 9.90 Å². The molecule has 0 saturated carbocycles. The van der Waals surface area contributed by atoms with Crippen LogP contribution in [0.3, 0.4) is 0 Å². The van der Waals surface area contributed by atoms with E-state index in [1.807, 2.05) is 32.1 Å². The molecule has 0 heterocycles. The van der Waals surface area contributed by atoms with Crippen molar-refractivity contribution in [2.75, 3.05) is 13.6 Å². The number of rotatable bonds is 4. The fourth-order valence-electron chi connectivity index (χ4n) is 1.79. The Morgan fingerprint density at radius 1 is 1.44 bits per heavy atom. The highest BCUT2D eigenvalue weighted by Crippen LogP contribution is 2.12. The number of amides is 1. The Bertz CT molecular complexity index is 450. The minimum absolute atomic E-state index is 0.101. The summed E-state index contributed by atoms with van der Waals surface area (Å²) in [4.78, 5) is 13.3. The quantitative estimate of drug-likeness (QED) is 0.828. The molecule has 0 radical (unpaired) electrons. The van der Waals surface area contributed by atoms with Crippen molar-refractivity contribution in [2.45, 2.75) is 26.9 Å². The summed E-state index contributed by atoms with van der Waals surface area (Å²) in [5.74, 6) is -0.101. The maximum Gasteiger partial charge on any atom is 0.246 e. The van der Waals surface area contributed by atoms with Crippen molar-refractivity contribution in [2.24, 2.45) is 0 Å². The Hall–Kier alpha value is -1.61. The van der Waals surface area contributed by atoms with E-state index in [9.17, 15) is 9.90 Å². The lowest BCUT2D eigenvalue weighted by molar-refractivity contribution is -0.125. The zero-order valence-electron chi connectivity index (χ0n) is 11.5. The van der Waals surface area contributed by atoms with Gasteiger partial charge in [0.1, 0.15) is 0 Å². The molecule has 3 nitrogen and oxygen atoms in total. The monoisotopic (exact) mass is 247 g/mol. The number of aryl methyl sites for hydroxylation is 2. The molecule has 0 spiro atoms. The van der Waals surface area contributed by atoms with Crippen LogP contribution in [-0.2, 0) is 4.79 Å². The fourth-order valence-corrected chi connectivity index (χ4v) is 1.79. The second-order valence-electron chi connectivity index (χ2n) is 4.76. The minimum atomic E-state index is -0.506. The topological polar surface area (TPSA) is 40.5 Å². The predicted octanol–water partition coefficient (Wildman–Crippen LogP) is 2.16. The van der Waals surface area contributed by atoms with Crippen LogP contribution in [0.15, 0.2) is 24.3 Å². The van der Waals surface area contributed by atoms with Gasteiger partial charge in [-0.2, -0.15) is 0 Å². The Morgan fingerprint density at radius 3 is 2.67 bits per heavy atom. The van der Waals surface area contributed by atoms with Crippen LogP contribution in [0.2, 0.25) is 0 Å². The van der Waals surface area contributed by atoms with Crippen LogP contribution in [0.1, 0.15) is 23.6 Å². The summed E-state index contributed by atoms with van der Waals surface area (Å²) >= 11 is 0. The van der Waals surface area contributed by atoms with E-state index in [0.29, 0.717) is 6.54 Å². The molecule has 98 valence electrons. The Balaban J connectivity index is 2.71. The number of likely N-dealkylation sites (N-methyl/N-ethyl adjacent to an activating group) is 1. The van der Waals surface area contributed by atoms with Crippen LogP contribution in [0.4, 0.5) is 0 Å². The Kier molecular flexibility index (Phi) is 5.10. The molecule has 1 N–H and O–H groups in total. The average Bonchev–Trinajstić information content (AvgIpc) is 2.26. The summed E-state index contributed by atoms with van der Waals surface area (Å²) in [6.07, 6.45) is 2.85. The summed E-state index contributed by atoms with van der Waals surface area (Å²) in [6, 6.07) is 6.11. The standard InChI is InChI=1S/C15H21NO2/c1-11-5-6-14(12(2)9-11)7-8-15(18)16(4)10-13(3)17/h5-9,13,17H,10H2,1-4H3/b8-7+. The Morgan fingerprint density at radius 2 is 2.11 bits per heavy atom. The van der Waals surface area contributed by atoms with Gasteiger partial charge in [-0.05, 0) is 38.0 Å². The average molecular weight is 247 g/mol. The maximum absolute atomic E-state index is 11.8. The molecule has 1 amide bonds. The van der Waals surface area contributed by atoms with Crippen molar-refractivity contribution in [1.82, 2.24) is 4.90 Å². The van der Waals surface area contributed by atoms with Gasteiger partial charge in [-0.25, -0.2) is 0 Å². The highest BCUT2D eigenvalue weighted by molar-refractivity contribution is 5.91. The number of carbonyl (C=O) groups excluding carboxylic acids is 1. The molecule has 1 aromatic carbocycles. The van der Waals surface area contributed by atoms with Crippen molar-refractivity contribution in [3.8, 4) is 0 Å². The van der Waals surface area contributed by atoms with Crippen molar-refractivity contribution in [3.63, 3.8) is 0 Å². The zero-order valence-corrected chi connectivity index (χ0v) is 11.5. The van der Waals surface area contributed by atoms with Crippen molar-refractivity contribution in [3.05, 3.63) is 41.0 Å². The van der Waals surface area contributed by atoms with Gasteiger partial charge in [-0.15, -0.1) is 0 Å². The molecule has 3 heteroatoms. The minimum Gasteiger partial charge on any atom is -0.392 e. The second-order valence-corrected chi connectivity index (χ2v) is 4.76. The van der Waals surface area contributed by atoms with Gasteiger partial charge in [0.15, 0.2) is 0 Å². The van der Waals surface area contributed by atoms with Crippen molar-refractivity contribution >= 4 is 12.0 Å². The van der Waals surface area contributed by atoms with Gasteiger partial charge < -0.3 is 10.0 Å². The Labute approximate surface area is 109 Å². The molecule has 1 atom stereocenters. The first-order valence-corrected chi connectivity index (χ1v) is 6.08. The van der Waals surface area contributed by atoms with Crippen LogP contribution in [-0.4, -0.2) is 35.6 Å².